The Balaban J connectivity index is 1.53. The van der Waals surface area contributed by atoms with Crippen LogP contribution in [0.3, 0.4) is 0 Å². The van der Waals surface area contributed by atoms with E-state index < -0.39 is 5.91 Å². The van der Waals surface area contributed by atoms with E-state index in [9.17, 15) is 4.79 Å². The zero-order valence-electron chi connectivity index (χ0n) is 14.9. The molecule has 0 bridgehead atoms. The Morgan fingerprint density at radius 3 is 2.68 bits per heavy atom. The number of nitrogens with zero attached hydrogens (tertiary/aromatic N) is 5. The Hall–Kier alpha value is -3.75. The lowest BCUT2D eigenvalue weighted by molar-refractivity contribution is 0.0995. The molecule has 1 aromatic carbocycles. The predicted octanol–water partition coefficient (Wildman–Crippen LogP) is 2.20. The van der Waals surface area contributed by atoms with Crippen molar-refractivity contribution in [2.24, 2.45) is 5.73 Å². The van der Waals surface area contributed by atoms with Gasteiger partial charge in [0.05, 0.1) is 11.4 Å². The van der Waals surface area contributed by atoms with E-state index in [4.69, 9.17) is 5.73 Å². The van der Waals surface area contributed by atoms with Gasteiger partial charge in [0.1, 0.15) is 11.9 Å². The number of nitrogens with two attached hydrogens (primary N) is 1. The van der Waals surface area contributed by atoms with E-state index in [1.165, 1.54) is 12.3 Å². The number of carbonyl (C=O) groups is 1. The maximum Gasteiger partial charge on any atom is 0.267 e. The molecule has 2 aromatic heterocycles. The first-order valence-electron chi connectivity index (χ1n) is 9.05. The molecule has 0 spiro atoms. The van der Waals surface area contributed by atoms with Crippen LogP contribution in [0.4, 0.5) is 23.3 Å². The number of carbonyl (C=O) groups excluding carboxylic acids is 1. The van der Waals surface area contributed by atoms with Crippen molar-refractivity contribution in [1.82, 2.24) is 19.9 Å². The molecule has 3 heterocycles. The van der Waals surface area contributed by atoms with Gasteiger partial charge in [0, 0.05) is 30.2 Å². The molecular weight excluding hydrogens is 356 g/mol. The monoisotopic (exact) mass is 374 g/mol. The van der Waals surface area contributed by atoms with Gasteiger partial charge in [-0.25, -0.2) is 19.9 Å². The number of rotatable bonds is 5. The highest BCUT2D eigenvalue weighted by Crippen LogP contribution is 2.44. The molecule has 0 radical (unpaired) electrons. The Bertz CT molecular complexity index is 1030. The van der Waals surface area contributed by atoms with E-state index in [0.29, 0.717) is 17.9 Å². The molecule has 9 nitrogen and oxygen atoms in total. The van der Waals surface area contributed by atoms with Crippen LogP contribution < -0.4 is 21.3 Å². The van der Waals surface area contributed by atoms with E-state index in [1.54, 1.807) is 12.4 Å². The van der Waals surface area contributed by atoms with Crippen molar-refractivity contribution < 1.29 is 4.79 Å². The summed E-state index contributed by atoms with van der Waals surface area (Å²) >= 11 is 0. The third-order valence-electron chi connectivity index (χ3n) is 4.72. The van der Waals surface area contributed by atoms with Gasteiger partial charge in [0.2, 0.25) is 11.9 Å². The largest absolute Gasteiger partial charge is 0.364 e. The van der Waals surface area contributed by atoms with Gasteiger partial charge >= 0.3 is 0 Å². The second-order valence-corrected chi connectivity index (χ2v) is 6.80. The van der Waals surface area contributed by atoms with Crippen LogP contribution in [-0.4, -0.2) is 31.9 Å². The van der Waals surface area contributed by atoms with E-state index in [-0.39, 0.29) is 11.9 Å². The molecule has 9 heteroatoms. The summed E-state index contributed by atoms with van der Waals surface area (Å²) in [5.74, 6) is 0.402. The summed E-state index contributed by atoms with van der Waals surface area (Å²) in [4.78, 5) is 31.0. The summed E-state index contributed by atoms with van der Waals surface area (Å²) in [6.07, 6.45) is 7.10. The SMILES string of the molecule is NC(=O)c1ccnc(N2c3ccccc3NC2c2cnc(NC3CC3)nc2)n1. The van der Waals surface area contributed by atoms with E-state index >= 15 is 0 Å². The molecule has 140 valence electrons. The number of hydrogen-bond acceptors (Lipinski definition) is 8. The Kier molecular flexibility index (Phi) is 3.78. The summed E-state index contributed by atoms with van der Waals surface area (Å²) in [5, 5.41) is 6.73. The molecular formula is C19H18N8O. The van der Waals surface area contributed by atoms with Gasteiger partial charge in [-0.05, 0) is 31.0 Å². The first kappa shape index (κ1) is 16.4. The molecule has 1 aliphatic heterocycles. The molecule has 1 amide bonds. The maximum absolute atomic E-state index is 11.6. The van der Waals surface area contributed by atoms with Gasteiger partial charge in [-0.15, -0.1) is 0 Å². The highest BCUT2D eigenvalue weighted by Gasteiger charge is 2.33. The molecule has 1 aliphatic carbocycles. The predicted molar refractivity (Wildman–Crippen MR) is 104 cm³/mol. The van der Waals surface area contributed by atoms with Crippen LogP contribution >= 0.6 is 0 Å². The topological polar surface area (TPSA) is 122 Å². The second kappa shape index (κ2) is 6.45. The molecule has 3 aromatic rings. The first-order valence-corrected chi connectivity index (χ1v) is 9.05. The van der Waals surface area contributed by atoms with Crippen molar-refractivity contribution in [1.29, 1.82) is 0 Å². The lowest BCUT2D eigenvalue weighted by Crippen LogP contribution is -2.26. The number of aromatic nitrogens is 4. The molecule has 4 N–H and O–H groups in total. The Labute approximate surface area is 161 Å². The van der Waals surface area contributed by atoms with Gasteiger partial charge in [0.15, 0.2) is 0 Å². The third-order valence-corrected chi connectivity index (χ3v) is 4.72. The maximum atomic E-state index is 11.6. The number of hydrogen-bond donors (Lipinski definition) is 3. The van der Waals surface area contributed by atoms with E-state index in [0.717, 1.165) is 29.8 Å². The first-order chi connectivity index (χ1) is 13.7. The Morgan fingerprint density at radius 2 is 1.93 bits per heavy atom. The lowest BCUT2D eigenvalue weighted by Gasteiger charge is -2.25. The van der Waals surface area contributed by atoms with Crippen molar-refractivity contribution in [2.45, 2.75) is 25.0 Å². The average molecular weight is 374 g/mol. The second-order valence-electron chi connectivity index (χ2n) is 6.80. The minimum absolute atomic E-state index is 0.161. The van der Waals surface area contributed by atoms with Crippen LogP contribution in [0.5, 0.6) is 0 Å². The Morgan fingerprint density at radius 1 is 1.14 bits per heavy atom. The lowest BCUT2D eigenvalue weighted by atomic mass is 10.2. The number of benzene rings is 1. The van der Waals surface area contributed by atoms with Crippen molar-refractivity contribution in [3.63, 3.8) is 0 Å². The van der Waals surface area contributed by atoms with Crippen LogP contribution in [0, 0.1) is 0 Å². The summed E-state index contributed by atoms with van der Waals surface area (Å²) in [7, 11) is 0. The summed E-state index contributed by atoms with van der Waals surface area (Å²) in [6.45, 7) is 0. The minimum atomic E-state index is -0.598. The standard InChI is InChI=1S/C19H18N8O/c20-16(28)14-7-8-21-19(26-14)27-15-4-2-1-3-13(15)25-17(27)11-9-22-18(23-10-11)24-12-5-6-12/h1-4,7-10,12,17,25H,5-6H2,(H2,20,28)(H,22,23,24). The highest BCUT2D eigenvalue weighted by molar-refractivity contribution is 5.91. The summed E-state index contributed by atoms with van der Waals surface area (Å²) < 4.78 is 0. The molecule has 1 fully saturated rings. The van der Waals surface area contributed by atoms with Crippen LogP contribution in [0.2, 0.25) is 0 Å². The van der Waals surface area contributed by atoms with Gasteiger partial charge < -0.3 is 16.4 Å². The van der Waals surface area contributed by atoms with Gasteiger partial charge in [-0.2, -0.15) is 0 Å². The molecule has 1 atom stereocenters. The van der Waals surface area contributed by atoms with Crippen LogP contribution in [0.1, 0.15) is 35.1 Å². The van der Waals surface area contributed by atoms with Crippen molar-refractivity contribution in [2.75, 3.05) is 15.5 Å². The molecule has 1 unspecified atom stereocenters. The fraction of sp³-hybridized carbons (Fsp3) is 0.211. The highest BCUT2D eigenvalue weighted by atomic mass is 16.1. The van der Waals surface area contributed by atoms with Crippen molar-refractivity contribution >= 4 is 29.2 Å². The van der Waals surface area contributed by atoms with Gasteiger partial charge in [-0.1, -0.05) is 12.1 Å². The summed E-state index contributed by atoms with van der Waals surface area (Å²) in [5.41, 5.74) is 8.23. The number of para-hydroxylation sites is 2. The van der Waals surface area contributed by atoms with Crippen molar-refractivity contribution in [3.05, 3.63) is 60.2 Å². The van der Waals surface area contributed by atoms with Crippen molar-refractivity contribution in [3.8, 4) is 0 Å². The van der Waals surface area contributed by atoms with E-state index in [2.05, 4.69) is 30.6 Å². The third kappa shape index (κ3) is 2.96. The molecule has 28 heavy (non-hydrogen) atoms. The number of amides is 1. The smallest absolute Gasteiger partial charge is 0.267 e. The van der Waals surface area contributed by atoms with Crippen LogP contribution in [-0.2, 0) is 0 Å². The molecule has 2 aliphatic rings. The van der Waals surface area contributed by atoms with Gasteiger partial charge in [0.25, 0.3) is 5.91 Å². The fourth-order valence-corrected chi connectivity index (χ4v) is 3.18. The fourth-order valence-electron chi connectivity index (χ4n) is 3.18. The minimum Gasteiger partial charge on any atom is -0.364 e. The molecule has 0 saturated heterocycles. The normalized spacial score (nSPS) is 17.7. The summed E-state index contributed by atoms with van der Waals surface area (Å²) in [6, 6.07) is 9.81. The van der Waals surface area contributed by atoms with Crippen LogP contribution in [0.15, 0.2) is 48.9 Å². The average Bonchev–Trinajstić information content (AvgIpc) is 3.45. The number of fused-ring (bicyclic) bond motifs is 1. The zero-order valence-corrected chi connectivity index (χ0v) is 14.9. The molecule has 1 saturated carbocycles. The number of anilines is 4. The number of nitrogens with one attached hydrogen (secondary N) is 2. The quantitative estimate of drug-likeness (QED) is 0.621. The number of primary amides is 1. The van der Waals surface area contributed by atoms with Crippen LogP contribution in [0.25, 0.3) is 0 Å². The molecule has 5 rings (SSSR count). The van der Waals surface area contributed by atoms with E-state index in [1.807, 2.05) is 29.2 Å². The van der Waals surface area contributed by atoms with Gasteiger partial charge in [-0.3, -0.25) is 9.69 Å². The zero-order chi connectivity index (χ0) is 19.1.